The van der Waals surface area contributed by atoms with Crippen LogP contribution in [0.4, 0.5) is 0 Å². The van der Waals surface area contributed by atoms with Crippen LogP contribution in [0.25, 0.3) is 23.0 Å². The van der Waals surface area contributed by atoms with Crippen LogP contribution in [0.2, 0.25) is 5.02 Å². The number of aromatic nitrogens is 2. The molecule has 1 amide bonds. The Morgan fingerprint density at radius 3 is 2.44 bits per heavy atom. The van der Waals surface area contributed by atoms with Gasteiger partial charge in [-0.05, 0) is 43.2 Å². The lowest BCUT2D eigenvalue weighted by atomic mass is 10.1. The van der Waals surface area contributed by atoms with Gasteiger partial charge in [-0.1, -0.05) is 67.6 Å². The Bertz CT molecular complexity index is 1130. The summed E-state index contributed by atoms with van der Waals surface area (Å²) in [4.78, 5) is 24.5. The molecule has 0 radical (unpaired) electrons. The zero-order valence-electron chi connectivity index (χ0n) is 19.0. The molecule has 0 unspecified atom stereocenters. The molecule has 0 atom stereocenters. The van der Waals surface area contributed by atoms with Crippen molar-refractivity contribution in [3.8, 4) is 16.9 Å². The minimum Gasteiger partial charge on any atom is -0.452 e. The third-order valence-electron chi connectivity index (χ3n) is 5.85. The van der Waals surface area contributed by atoms with Gasteiger partial charge in [0, 0.05) is 34.5 Å². The molecule has 0 saturated heterocycles. The monoisotopic (exact) mass is 477 g/mol. The zero-order valence-corrected chi connectivity index (χ0v) is 19.7. The number of carbonyl (C=O) groups excluding carboxylic acids is 2. The topological polar surface area (TPSA) is 73.2 Å². The maximum atomic E-state index is 12.3. The van der Waals surface area contributed by atoms with Crippen LogP contribution in [0.3, 0.4) is 0 Å². The molecular weight excluding hydrogens is 450 g/mol. The second-order valence-corrected chi connectivity index (χ2v) is 8.85. The van der Waals surface area contributed by atoms with Gasteiger partial charge in [-0.15, -0.1) is 0 Å². The molecule has 1 N–H and O–H groups in total. The van der Waals surface area contributed by atoms with Gasteiger partial charge in [0.1, 0.15) is 0 Å². The SMILES string of the molecule is O=C(COC(=O)C=Cc1cn(-c2ccccc2)nc1-c1ccc(Cl)cc1)NC1CCCCCC1. The van der Waals surface area contributed by atoms with Gasteiger partial charge < -0.3 is 10.1 Å². The summed E-state index contributed by atoms with van der Waals surface area (Å²) in [5, 5.41) is 8.32. The molecule has 1 heterocycles. The average molecular weight is 478 g/mol. The summed E-state index contributed by atoms with van der Waals surface area (Å²) in [5.41, 5.74) is 3.21. The first-order valence-corrected chi connectivity index (χ1v) is 12.0. The number of halogens is 1. The van der Waals surface area contributed by atoms with Crippen molar-refractivity contribution in [3.05, 3.63) is 77.5 Å². The summed E-state index contributed by atoms with van der Waals surface area (Å²) < 4.78 is 6.93. The Balaban J connectivity index is 1.43. The highest BCUT2D eigenvalue weighted by atomic mass is 35.5. The van der Waals surface area contributed by atoms with E-state index in [2.05, 4.69) is 5.32 Å². The van der Waals surface area contributed by atoms with Crippen molar-refractivity contribution in [1.82, 2.24) is 15.1 Å². The van der Waals surface area contributed by atoms with Crippen molar-refractivity contribution < 1.29 is 14.3 Å². The standard InChI is InChI=1S/C27H28ClN3O3/c28-22-15-12-20(13-16-22)27-21(18-31(30-27)24-10-6-3-7-11-24)14-17-26(33)34-19-25(32)29-23-8-4-1-2-5-9-23/h3,6-7,10-18,23H,1-2,4-5,8-9,19H2,(H,29,32). The molecule has 0 bridgehead atoms. The van der Waals surface area contributed by atoms with Gasteiger partial charge in [-0.25, -0.2) is 9.48 Å². The van der Waals surface area contributed by atoms with Gasteiger partial charge in [-0.2, -0.15) is 5.10 Å². The molecular formula is C27H28ClN3O3. The third-order valence-corrected chi connectivity index (χ3v) is 6.10. The predicted molar refractivity (Wildman–Crippen MR) is 134 cm³/mol. The second kappa shape index (κ2) is 11.7. The number of amides is 1. The number of esters is 1. The average Bonchev–Trinajstić information content (AvgIpc) is 3.12. The van der Waals surface area contributed by atoms with Crippen LogP contribution in [0.1, 0.15) is 44.1 Å². The van der Waals surface area contributed by atoms with E-state index in [1.807, 2.05) is 48.7 Å². The maximum absolute atomic E-state index is 12.3. The fraction of sp³-hybridized carbons (Fsp3) is 0.296. The minimum atomic E-state index is -0.578. The van der Waals surface area contributed by atoms with Crippen LogP contribution in [0.15, 0.2) is 66.9 Å². The first kappa shape index (κ1) is 23.8. The first-order chi connectivity index (χ1) is 16.6. The molecule has 4 rings (SSSR count). The fourth-order valence-corrected chi connectivity index (χ4v) is 4.22. The second-order valence-electron chi connectivity index (χ2n) is 8.42. The van der Waals surface area contributed by atoms with E-state index >= 15 is 0 Å². The highest BCUT2D eigenvalue weighted by Gasteiger charge is 2.16. The van der Waals surface area contributed by atoms with Gasteiger partial charge in [-0.3, -0.25) is 4.79 Å². The Kier molecular flexibility index (Phi) is 8.15. The molecule has 1 aliphatic rings. The number of carbonyl (C=O) groups is 2. The summed E-state index contributed by atoms with van der Waals surface area (Å²) in [6, 6.07) is 17.3. The molecule has 2 aromatic carbocycles. The summed E-state index contributed by atoms with van der Waals surface area (Å²) >= 11 is 6.04. The van der Waals surface area contributed by atoms with Crippen molar-refractivity contribution in [3.63, 3.8) is 0 Å². The lowest BCUT2D eigenvalue weighted by molar-refractivity contribution is -0.144. The number of rotatable bonds is 7. The van der Waals surface area contributed by atoms with Crippen LogP contribution < -0.4 is 5.32 Å². The summed E-state index contributed by atoms with van der Waals surface area (Å²) in [6.45, 7) is -0.285. The van der Waals surface area contributed by atoms with E-state index in [0.717, 1.165) is 42.5 Å². The van der Waals surface area contributed by atoms with Gasteiger partial charge in [0.25, 0.3) is 5.91 Å². The number of benzene rings is 2. The largest absolute Gasteiger partial charge is 0.452 e. The lowest BCUT2D eigenvalue weighted by Crippen LogP contribution is -2.37. The summed E-state index contributed by atoms with van der Waals surface area (Å²) in [6.07, 6.45) is 11.5. The Morgan fingerprint density at radius 1 is 1.03 bits per heavy atom. The molecule has 7 heteroatoms. The fourth-order valence-electron chi connectivity index (χ4n) is 4.09. The molecule has 1 aliphatic carbocycles. The molecule has 6 nitrogen and oxygen atoms in total. The van der Waals surface area contributed by atoms with Gasteiger partial charge >= 0.3 is 5.97 Å². The van der Waals surface area contributed by atoms with E-state index in [4.69, 9.17) is 21.4 Å². The van der Waals surface area contributed by atoms with Crippen LogP contribution in [0.5, 0.6) is 0 Å². The van der Waals surface area contributed by atoms with E-state index < -0.39 is 5.97 Å². The van der Waals surface area contributed by atoms with Crippen molar-refractivity contribution in [1.29, 1.82) is 0 Å². The number of hydrogen-bond donors (Lipinski definition) is 1. The summed E-state index contributed by atoms with van der Waals surface area (Å²) in [7, 11) is 0. The van der Waals surface area contributed by atoms with Crippen molar-refractivity contribution in [2.45, 2.75) is 44.6 Å². The molecule has 176 valence electrons. The Labute approximate surface area is 204 Å². The van der Waals surface area contributed by atoms with E-state index in [1.165, 1.54) is 18.9 Å². The number of ether oxygens (including phenoxy) is 1. The van der Waals surface area contributed by atoms with E-state index in [1.54, 1.807) is 22.9 Å². The van der Waals surface area contributed by atoms with Crippen molar-refractivity contribution >= 4 is 29.6 Å². The Morgan fingerprint density at radius 2 is 1.74 bits per heavy atom. The number of hydrogen-bond acceptors (Lipinski definition) is 4. The van der Waals surface area contributed by atoms with Crippen LogP contribution in [-0.2, 0) is 14.3 Å². The molecule has 0 spiro atoms. The zero-order chi connectivity index (χ0) is 23.8. The summed E-state index contributed by atoms with van der Waals surface area (Å²) in [5.74, 6) is -0.835. The highest BCUT2D eigenvalue weighted by Crippen LogP contribution is 2.26. The van der Waals surface area contributed by atoms with Crippen LogP contribution in [0, 0.1) is 0 Å². The van der Waals surface area contributed by atoms with Crippen molar-refractivity contribution in [2.24, 2.45) is 0 Å². The predicted octanol–water partition coefficient (Wildman–Crippen LogP) is 5.59. The number of nitrogens with zero attached hydrogens (tertiary/aromatic N) is 2. The minimum absolute atomic E-state index is 0.176. The normalized spacial score (nSPS) is 14.6. The molecule has 0 aliphatic heterocycles. The van der Waals surface area contributed by atoms with E-state index in [9.17, 15) is 9.59 Å². The molecule has 1 fully saturated rings. The highest BCUT2D eigenvalue weighted by molar-refractivity contribution is 6.30. The van der Waals surface area contributed by atoms with Gasteiger partial charge in [0.05, 0.1) is 11.4 Å². The van der Waals surface area contributed by atoms with Gasteiger partial charge in [0.2, 0.25) is 0 Å². The maximum Gasteiger partial charge on any atom is 0.331 e. The number of para-hydroxylation sites is 1. The molecule has 1 saturated carbocycles. The van der Waals surface area contributed by atoms with Crippen LogP contribution >= 0.6 is 11.6 Å². The Hall–Kier alpha value is -3.38. The van der Waals surface area contributed by atoms with Crippen molar-refractivity contribution in [2.75, 3.05) is 6.61 Å². The molecule has 34 heavy (non-hydrogen) atoms. The molecule has 1 aromatic heterocycles. The van der Waals surface area contributed by atoms with E-state index in [-0.39, 0.29) is 18.6 Å². The first-order valence-electron chi connectivity index (χ1n) is 11.6. The molecule has 3 aromatic rings. The smallest absolute Gasteiger partial charge is 0.331 e. The van der Waals surface area contributed by atoms with E-state index in [0.29, 0.717) is 10.7 Å². The van der Waals surface area contributed by atoms with Gasteiger partial charge in [0.15, 0.2) is 6.61 Å². The third kappa shape index (κ3) is 6.58. The lowest BCUT2D eigenvalue weighted by Gasteiger charge is -2.15. The van der Waals surface area contributed by atoms with Crippen LogP contribution in [-0.4, -0.2) is 34.3 Å². The quantitative estimate of drug-likeness (QED) is 0.273. The number of nitrogens with one attached hydrogen (secondary N) is 1.